The van der Waals surface area contributed by atoms with Gasteiger partial charge in [0.1, 0.15) is 0 Å². The highest BCUT2D eigenvalue weighted by Gasteiger charge is 2.23. The number of carbonyl (C=O) groups is 1. The molecule has 0 aliphatic carbocycles. The first-order chi connectivity index (χ1) is 11.5. The molecule has 1 aliphatic rings. The van der Waals surface area contributed by atoms with Crippen LogP contribution in [0.4, 0.5) is 11.5 Å². The number of benzene rings is 1. The predicted molar refractivity (Wildman–Crippen MR) is 96.1 cm³/mol. The Labute approximate surface area is 151 Å². The third-order valence-corrected chi connectivity index (χ3v) is 4.67. The molecule has 1 atom stereocenters. The van der Waals surface area contributed by atoms with Crippen LogP contribution < -0.4 is 5.32 Å². The van der Waals surface area contributed by atoms with Crippen molar-refractivity contribution in [1.29, 1.82) is 0 Å². The zero-order valence-electron chi connectivity index (χ0n) is 13.3. The monoisotopic (exact) mass is 364 g/mol. The van der Waals surface area contributed by atoms with Crippen molar-refractivity contribution < 1.29 is 4.79 Å². The summed E-state index contributed by atoms with van der Waals surface area (Å²) in [7, 11) is 0. The number of halogens is 2. The fourth-order valence-electron chi connectivity index (χ4n) is 2.79. The largest absolute Gasteiger partial charge is 0.337 e. The SMILES string of the molecule is CC1CCCN(C(=O)c2ccc(Nc3c(Cl)cccc3Cl)nn2)C1. The van der Waals surface area contributed by atoms with Crippen LogP contribution in [0.1, 0.15) is 30.3 Å². The van der Waals surface area contributed by atoms with E-state index in [0.29, 0.717) is 33.2 Å². The van der Waals surface area contributed by atoms with E-state index in [1.54, 1.807) is 30.3 Å². The molecule has 1 aliphatic heterocycles. The second-order valence-electron chi connectivity index (χ2n) is 6.02. The topological polar surface area (TPSA) is 58.1 Å². The van der Waals surface area contributed by atoms with Crippen molar-refractivity contribution in [3.8, 4) is 0 Å². The van der Waals surface area contributed by atoms with Gasteiger partial charge in [-0.1, -0.05) is 36.2 Å². The van der Waals surface area contributed by atoms with Gasteiger partial charge in [-0.25, -0.2) is 0 Å². The van der Waals surface area contributed by atoms with Crippen LogP contribution in [-0.2, 0) is 0 Å². The summed E-state index contributed by atoms with van der Waals surface area (Å²) in [6.45, 7) is 3.71. The van der Waals surface area contributed by atoms with E-state index in [2.05, 4.69) is 22.4 Å². The van der Waals surface area contributed by atoms with Crippen LogP contribution in [0.15, 0.2) is 30.3 Å². The minimum atomic E-state index is -0.0728. The van der Waals surface area contributed by atoms with Gasteiger partial charge in [-0.15, -0.1) is 10.2 Å². The molecule has 1 fully saturated rings. The van der Waals surface area contributed by atoms with E-state index in [-0.39, 0.29) is 5.91 Å². The fraction of sp³-hybridized carbons (Fsp3) is 0.353. The molecule has 5 nitrogen and oxygen atoms in total. The Morgan fingerprint density at radius 1 is 1.21 bits per heavy atom. The van der Waals surface area contributed by atoms with Crippen molar-refractivity contribution in [2.75, 3.05) is 18.4 Å². The lowest BCUT2D eigenvalue weighted by Gasteiger charge is -2.30. The van der Waals surface area contributed by atoms with Crippen LogP contribution in [0.2, 0.25) is 10.0 Å². The molecule has 7 heteroatoms. The molecule has 1 N–H and O–H groups in total. The summed E-state index contributed by atoms with van der Waals surface area (Å²) in [4.78, 5) is 14.3. The van der Waals surface area contributed by atoms with Crippen molar-refractivity contribution in [1.82, 2.24) is 15.1 Å². The summed E-state index contributed by atoms with van der Waals surface area (Å²) in [5.41, 5.74) is 0.916. The summed E-state index contributed by atoms with van der Waals surface area (Å²) >= 11 is 12.2. The lowest BCUT2D eigenvalue weighted by molar-refractivity contribution is 0.0676. The number of rotatable bonds is 3. The number of para-hydroxylation sites is 1. The zero-order chi connectivity index (χ0) is 17.1. The number of likely N-dealkylation sites (tertiary alicyclic amines) is 1. The zero-order valence-corrected chi connectivity index (χ0v) is 14.8. The minimum absolute atomic E-state index is 0.0728. The van der Waals surface area contributed by atoms with Gasteiger partial charge >= 0.3 is 0 Å². The highest BCUT2D eigenvalue weighted by molar-refractivity contribution is 6.39. The van der Waals surface area contributed by atoms with E-state index in [1.165, 1.54) is 0 Å². The van der Waals surface area contributed by atoms with Gasteiger partial charge in [0.25, 0.3) is 5.91 Å². The van der Waals surface area contributed by atoms with E-state index in [0.717, 1.165) is 25.9 Å². The molecule has 1 saturated heterocycles. The summed E-state index contributed by atoms with van der Waals surface area (Å²) in [5, 5.41) is 12.1. The summed E-state index contributed by atoms with van der Waals surface area (Å²) < 4.78 is 0. The van der Waals surface area contributed by atoms with Gasteiger partial charge in [0, 0.05) is 13.1 Å². The first-order valence-electron chi connectivity index (χ1n) is 7.88. The summed E-state index contributed by atoms with van der Waals surface area (Å²) in [6.07, 6.45) is 2.20. The maximum atomic E-state index is 12.5. The maximum Gasteiger partial charge on any atom is 0.274 e. The summed E-state index contributed by atoms with van der Waals surface area (Å²) in [6, 6.07) is 8.61. The Kier molecular flexibility index (Phi) is 5.21. The number of aromatic nitrogens is 2. The average molecular weight is 365 g/mol. The highest BCUT2D eigenvalue weighted by Crippen LogP contribution is 2.31. The number of carbonyl (C=O) groups excluding carboxylic acids is 1. The number of hydrogen-bond donors (Lipinski definition) is 1. The third kappa shape index (κ3) is 3.79. The minimum Gasteiger partial charge on any atom is -0.337 e. The quantitative estimate of drug-likeness (QED) is 0.876. The van der Waals surface area contributed by atoms with Gasteiger partial charge in [0.2, 0.25) is 0 Å². The molecular weight excluding hydrogens is 347 g/mol. The predicted octanol–water partition coefficient (Wildman–Crippen LogP) is 4.40. The van der Waals surface area contributed by atoms with Crippen LogP contribution in [-0.4, -0.2) is 34.1 Å². The van der Waals surface area contributed by atoms with Crippen LogP contribution in [0.5, 0.6) is 0 Å². The second-order valence-corrected chi connectivity index (χ2v) is 6.84. The number of nitrogens with one attached hydrogen (secondary N) is 1. The van der Waals surface area contributed by atoms with E-state index < -0.39 is 0 Å². The molecule has 0 spiro atoms. The van der Waals surface area contributed by atoms with Gasteiger partial charge < -0.3 is 10.2 Å². The lowest BCUT2D eigenvalue weighted by Crippen LogP contribution is -2.39. The van der Waals surface area contributed by atoms with Gasteiger partial charge in [-0.3, -0.25) is 4.79 Å². The Hall–Kier alpha value is -1.85. The molecule has 3 rings (SSSR count). The molecule has 2 aromatic rings. The molecule has 0 bridgehead atoms. The van der Waals surface area contributed by atoms with Gasteiger partial charge in [0.15, 0.2) is 11.5 Å². The van der Waals surface area contributed by atoms with Crippen LogP contribution in [0, 0.1) is 5.92 Å². The van der Waals surface area contributed by atoms with Gasteiger partial charge in [-0.05, 0) is 43.0 Å². The molecule has 24 heavy (non-hydrogen) atoms. The molecular formula is C17H18Cl2N4O. The van der Waals surface area contributed by atoms with Crippen LogP contribution in [0.25, 0.3) is 0 Å². The van der Waals surface area contributed by atoms with E-state index in [9.17, 15) is 4.79 Å². The number of nitrogens with zero attached hydrogens (tertiary/aromatic N) is 3. The average Bonchev–Trinajstić information content (AvgIpc) is 2.58. The molecule has 2 heterocycles. The van der Waals surface area contributed by atoms with Crippen LogP contribution in [0.3, 0.4) is 0 Å². The molecule has 1 unspecified atom stereocenters. The Morgan fingerprint density at radius 2 is 1.96 bits per heavy atom. The fourth-order valence-corrected chi connectivity index (χ4v) is 3.29. The van der Waals surface area contributed by atoms with E-state index in [1.807, 2.05) is 4.90 Å². The third-order valence-electron chi connectivity index (χ3n) is 4.04. The molecule has 1 aromatic carbocycles. The van der Waals surface area contributed by atoms with Crippen molar-refractivity contribution >= 4 is 40.6 Å². The standard InChI is InChI=1S/C17H18Cl2N4O/c1-11-4-3-9-23(10-11)17(24)14-7-8-15(22-21-14)20-16-12(18)5-2-6-13(16)19/h2,5-8,11H,3-4,9-10H2,1H3,(H,20,22). The maximum absolute atomic E-state index is 12.5. The lowest BCUT2D eigenvalue weighted by atomic mass is 10.00. The number of anilines is 2. The summed E-state index contributed by atoms with van der Waals surface area (Å²) in [5.74, 6) is 0.934. The van der Waals surface area contributed by atoms with Crippen LogP contribution >= 0.6 is 23.2 Å². The molecule has 1 amide bonds. The molecule has 126 valence electrons. The number of amides is 1. The van der Waals surface area contributed by atoms with Gasteiger partial charge in [0.05, 0.1) is 15.7 Å². The molecule has 0 radical (unpaired) electrons. The van der Waals surface area contributed by atoms with Crippen molar-refractivity contribution in [3.05, 3.63) is 46.1 Å². The van der Waals surface area contributed by atoms with Crippen molar-refractivity contribution in [2.24, 2.45) is 5.92 Å². The Balaban J connectivity index is 1.72. The smallest absolute Gasteiger partial charge is 0.274 e. The number of hydrogen-bond acceptors (Lipinski definition) is 4. The number of piperidine rings is 1. The van der Waals surface area contributed by atoms with E-state index >= 15 is 0 Å². The Morgan fingerprint density at radius 3 is 2.58 bits per heavy atom. The van der Waals surface area contributed by atoms with Crippen molar-refractivity contribution in [2.45, 2.75) is 19.8 Å². The first-order valence-corrected chi connectivity index (χ1v) is 8.64. The molecule has 0 saturated carbocycles. The van der Waals surface area contributed by atoms with Gasteiger partial charge in [-0.2, -0.15) is 0 Å². The van der Waals surface area contributed by atoms with Crippen molar-refractivity contribution in [3.63, 3.8) is 0 Å². The Bertz CT molecular complexity index is 716. The highest BCUT2D eigenvalue weighted by atomic mass is 35.5. The molecule has 1 aromatic heterocycles. The second kappa shape index (κ2) is 7.36. The van der Waals surface area contributed by atoms with E-state index in [4.69, 9.17) is 23.2 Å². The normalized spacial score (nSPS) is 17.6. The first kappa shape index (κ1) is 17.0.